The van der Waals surface area contributed by atoms with Gasteiger partial charge >= 0.3 is 5.97 Å². The van der Waals surface area contributed by atoms with E-state index in [0.717, 1.165) is 0 Å². The number of carboxylic acids is 1. The number of hydrogen-bond donors (Lipinski definition) is 3. The number of carbonyl (C=O) groups excluding carboxylic acids is 1. The fourth-order valence-electron chi connectivity index (χ4n) is 1.40. The minimum absolute atomic E-state index is 0.0508. The van der Waals surface area contributed by atoms with Crippen LogP contribution >= 0.6 is 0 Å². The van der Waals surface area contributed by atoms with Crippen molar-refractivity contribution in [1.29, 1.82) is 0 Å². The minimum Gasteiger partial charge on any atom is -0.481 e. The van der Waals surface area contributed by atoms with E-state index in [-0.39, 0.29) is 6.54 Å². The summed E-state index contributed by atoms with van der Waals surface area (Å²) in [6, 6.07) is 0. The second-order valence-corrected chi connectivity index (χ2v) is 4.68. The number of amides is 1. The van der Waals surface area contributed by atoms with Gasteiger partial charge in [-0.3, -0.25) is 9.59 Å². The third kappa shape index (κ3) is 3.51. The van der Waals surface area contributed by atoms with Crippen LogP contribution in [0.25, 0.3) is 0 Å². The van der Waals surface area contributed by atoms with Crippen molar-refractivity contribution >= 4 is 11.9 Å². The van der Waals surface area contributed by atoms with Crippen molar-refractivity contribution in [2.45, 2.75) is 27.3 Å². The highest BCUT2D eigenvalue weighted by Gasteiger charge is 2.37. The van der Waals surface area contributed by atoms with Crippen LogP contribution in [0.3, 0.4) is 0 Å². The largest absolute Gasteiger partial charge is 0.481 e. The molecule has 0 bridgehead atoms. The molecule has 3 N–H and O–H groups in total. The SMILES string of the molecule is CC(C)(C)C(C(=O)O)C(=O)NCc1nn[nH]n1. The Morgan fingerprint density at radius 2 is 2.12 bits per heavy atom. The number of carbonyl (C=O) groups is 2. The molecule has 1 atom stereocenters. The number of tetrazole rings is 1. The number of nitrogens with zero attached hydrogens (tertiary/aromatic N) is 3. The molecule has 0 aliphatic rings. The highest BCUT2D eigenvalue weighted by Crippen LogP contribution is 2.26. The van der Waals surface area contributed by atoms with E-state index in [4.69, 9.17) is 5.11 Å². The first-order valence-corrected chi connectivity index (χ1v) is 5.05. The molecule has 0 saturated carbocycles. The lowest BCUT2D eigenvalue weighted by Gasteiger charge is -2.25. The van der Waals surface area contributed by atoms with Crippen LogP contribution in [0.4, 0.5) is 0 Å². The predicted octanol–water partition coefficient (Wildman–Crippen LogP) is -0.437. The molecule has 8 nitrogen and oxygen atoms in total. The summed E-state index contributed by atoms with van der Waals surface area (Å²) >= 11 is 0. The Hall–Kier alpha value is -1.99. The fraction of sp³-hybridized carbons (Fsp3) is 0.667. The van der Waals surface area contributed by atoms with Crippen molar-refractivity contribution in [2.24, 2.45) is 11.3 Å². The highest BCUT2D eigenvalue weighted by atomic mass is 16.4. The molecule has 8 heteroatoms. The van der Waals surface area contributed by atoms with E-state index >= 15 is 0 Å². The van der Waals surface area contributed by atoms with E-state index in [9.17, 15) is 9.59 Å². The van der Waals surface area contributed by atoms with Crippen LogP contribution in [0.15, 0.2) is 0 Å². The number of aromatic amines is 1. The van der Waals surface area contributed by atoms with Gasteiger partial charge in [0.05, 0.1) is 6.54 Å². The molecule has 0 radical (unpaired) electrons. The maximum atomic E-state index is 11.7. The minimum atomic E-state index is -1.15. The normalized spacial score (nSPS) is 13.1. The molecule has 1 aromatic heterocycles. The van der Waals surface area contributed by atoms with E-state index in [0.29, 0.717) is 5.82 Å². The second kappa shape index (κ2) is 4.89. The fourth-order valence-corrected chi connectivity index (χ4v) is 1.40. The Bertz CT molecular complexity index is 395. The molecule has 94 valence electrons. The number of H-pyrrole nitrogens is 1. The molecular weight excluding hydrogens is 226 g/mol. The van der Waals surface area contributed by atoms with Crippen LogP contribution < -0.4 is 5.32 Å². The molecule has 17 heavy (non-hydrogen) atoms. The van der Waals surface area contributed by atoms with Crippen LogP contribution in [0.2, 0.25) is 0 Å². The van der Waals surface area contributed by atoms with Crippen molar-refractivity contribution < 1.29 is 14.7 Å². The van der Waals surface area contributed by atoms with E-state index in [2.05, 4.69) is 25.9 Å². The maximum Gasteiger partial charge on any atom is 0.316 e. The van der Waals surface area contributed by atoms with Crippen molar-refractivity contribution in [3.8, 4) is 0 Å². The molecule has 0 fully saturated rings. The van der Waals surface area contributed by atoms with Crippen molar-refractivity contribution in [3.63, 3.8) is 0 Å². The lowest BCUT2D eigenvalue weighted by atomic mass is 9.80. The third-order valence-corrected chi connectivity index (χ3v) is 2.19. The Balaban J connectivity index is 2.64. The predicted molar refractivity (Wildman–Crippen MR) is 56.6 cm³/mol. The molecule has 1 unspecified atom stereocenters. The summed E-state index contributed by atoms with van der Waals surface area (Å²) in [6.45, 7) is 5.13. The summed E-state index contributed by atoms with van der Waals surface area (Å²) in [4.78, 5) is 22.8. The number of aliphatic carboxylic acids is 1. The third-order valence-electron chi connectivity index (χ3n) is 2.19. The van der Waals surface area contributed by atoms with Gasteiger partial charge in [0, 0.05) is 0 Å². The summed E-state index contributed by atoms with van der Waals surface area (Å²) in [5.41, 5.74) is -0.660. The molecule has 0 aliphatic heterocycles. The van der Waals surface area contributed by atoms with Gasteiger partial charge in [-0.1, -0.05) is 26.0 Å². The Labute approximate surface area is 97.8 Å². The van der Waals surface area contributed by atoms with Crippen LogP contribution in [0, 0.1) is 11.3 Å². The van der Waals surface area contributed by atoms with Gasteiger partial charge in [-0.05, 0) is 5.41 Å². The average Bonchev–Trinajstić information content (AvgIpc) is 2.63. The summed E-state index contributed by atoms with van der Waals surface area (Å²) in [5, 5.41) is 24.3. The van der Waals surface area contributed by atoms with Crippen LogP contribution in [-0.2, 0) is 16.1 Å². The van der Waals surface area contributed by atoms with Gasteiger partial charge in [-0.2, -0.15) is 5.21 Å². The van der Waals surface area contributed by atoms with Crippen molar-refractivity contribution in [1.82, 2.24) is 25.9 Å². The first-order chi connectivity index (χ1) is 7.82. The zero-order valence-electron chi connectivity index (χ0n) is 9.89. The first-order valence-electron chi connectivity index (χ1n) is 5.05. The molecule has 0 aliphatic carbocycles. The van der Waals surface area contributed by atoms with Gasteiger partial charge in [0.1, 0.15) is 5.92 Å². The van der Waals surface area contributed by atoms with Gasteiger partial charge < -0.3 is 10.4 Å². The van der Waals surface area contributed by atoms with Gasteiger partial charge in [0.2, 0.25) is 5.91 Å². The Morgan fingerprint density at radius 1 is 1.47 bits per heavy atom. The zero-order chi connectivity index (χ0) is 13.1. The van der Waals surface area contributed by atoms with Crippen LogP contribution in [-0.4, -0.2) is 37.6 Å². The summed E-state index contributed by atoms with van der Waals surface area (Å²) in [5.74, 6) is -2.52. The molecule has 0 spiro atoms. The van der Waals surface area contributed by atoms with E-state index in [1.165, 1.54) is 0 Å². The summed E-state index contributed by atoms with van der Waals surface area (Å²) in [6.07, 6.45) is 0. The van der Waals surface area contributed by atoms with Gasteiger partial charge in [-0.25, -0.2) is 0 Å². The molecule has 0 aromatic carbocycles. The maximum absolute atomic E-state index is 11.7. The molecule has 1 amide bonds. The molecular formula is C9H15N5O3. The lowest BCUT2D eigenvalue weighted by molar-refractivity contribution is -0.151. The van der Waals surface area contributed by atoms with Gasteiger partial charge in [0.25, 0.3) is 0 Å². The van der Waals surface area contributed by atoms with Gasteiger partial charge in [0.15, 0.2) is 5.82 Å². The van der Waals surface area contributed by atoms with Crippen molar-refractivity contribution in [3.05, 3.63) is 5.82 Å². The van der Waals surface area contributed by atoms with Crippen molar-refractivity contribution in [2.75, 3.05) is 0 Å². The smallest absolute Gasteiger partial charge is 0.316 e. The van der Waals surface area contributed by atoms with Crippen LogP contribution in [0.1, 0.15) is 26.6 Å². The van der Waals surface area contributed by atoms with Gasteiger partial charge in [-0.15, -0.1) is 10.2 Å². The number of rotatable bonds is 4. The topological polar surface area (TPSA) is 121 Å². The average molecular weight is 241 g/mol. The number of carboxylic acid groups (broad SMARTS) is 1. The number of hydrogen-bond acceptors (Lipinski definition) is 5. The molecule has 1 rings (SSSR count). The standard InChI is InChI=1S/C9H15N5O3/c1-9(2,3)6(8(16)17)7(15)10-4-5-11-13-14-12-5/h6H,4H2,1-3H3,(H,10,15)(H,16,17)(H,11,12,13,14). The second-order valence-electron chi connectivity index (χ2n) is 4.68. The first kappa shape index (κ1) is 13.1. The summed E-state index contributed by atoms with van der Waals surface area (Å²) in [7, 11) is 0. The summed E-state index contributed by atoms with van der Waals surface area (Å²) < 4.78 is 0. The zero-order valence-corrected chi connectivity index (χ0v) is 9.89. The number of aromatic nitrogens is 4. The Morgan fingerprint density at radius 3 is 2.53 bits per heavy atom. The lowest BCUT2D eigenvalue weighted by Crippen LogP contribution is -2.42. The van der Waals surface area contributed by atoms with Crippen LogP contribution in [0.5, 0.6) is 0 Å². The Kier molecular flexibility index (Phi) is 3.77. The number of nitrogens with one attached hydrogen (secondary N) is 2. The van der Waals surface area contributed by atoms with E-state index < -0.39 is 23.2 Å². The van der Waals surface area contributed by atoms with E-state index in [1.807, 2.05) is 0 Å². The van der Waals surface area contributed by atoms with E-state index in [1.54, 1.807) is 20.8 Å². The monoisotopic (exact) mass is 241 g/mol. The highest BCUT2D eigenvalue weighted by molar-refractivity contribution is 5.97. The molecule has 1 aromatic rings. The quantitative estimate of drug-likeness (QED) is 0.614. The molecule has 0 saturated heterocycles. The molecule has 1 heterocycles.